The number of carbonyl (C=O) groups excluding carboxylic acids is 1. The van der Waals surface area contributed by atoms with Gasteiger partial charge in [0.15, 0.2) is 10.8 Å². The van der Waals surface area contributed by atoms with E-state index in [2.05, 4.69) is 29.7 Å². The molecule has 0 unspecified atom stereocenters. The molecule has 0 spiro atoms. The van der Waals surface area contributed by atoms with Gasteiger partial charge in [-0.05, 0) is 54.9 Å². The van der Waals surface area contributed by atoms with Crippen molar-refractivity contribution in [3.63, 3.8) is 0 Å². The lowest BCUT2D eigenvalue weighted by Gasteiger charge is -2.14. The van der Waals surface area contributed by atoms with Gasteiger partial charge in [0, 0.05) is 12.1 Å². The van der Waals surface area contributed by atoms with Crippen molar-refractivity contribution < 1.29 is 13.2 Å². The van der Waals surface area contributed by atoms with Crippen LogP contribution in [0.3, 0.4) is 0 Å². The Balaban J connectivity index is 1.87. The third-order valence-electron chi connectivity index (χ3n) is 4.71. The van der Waals surface area contributed by atoms with Crippen LogP contribution in [0.5, 0.6) is 0 Å². The predicted octanol–water partition coefficient (Wildman–Crippen LogP) is 2.51. The highest BCUT2D eigenvalue weighted by Crippen LogP contribution is 2.32. The van der Waals surface area contributed by atoms with Gasteiger partial charge in [0.1, 0.15) is 4.90 Å². The Hall–Kier alpha value is -2.82. The summed E-state index contributed by atoms with van der Waals surface area (Å²) >= 11 is 5.23. The van der Waals surface area contributed by atoms with Crippen LogP contribution in [0.15, 0.2) is 52.5 Å². The Kier molecular flexibility index (Phi) is 6.20. The van der Waals surface area contributed by atoms with Gasteiger partial charge in [0.2, 0.25) is 10.0 Å². The summed E-state index contributed by atoms with van der Waals surface area (Å²) in [6.07, 6.45) is 0. The van der Waals surface area contributed by atoms with Crippen molar-refractivity contribution in [1.29, 1.82) is 0 Å². The van der Waals surface area contributed by atoms with Crippen LogP contribution < -0.4 is 20.8 Å². The second-order valence-electron chi connectivity index (χ2n) is 7.05. The number of nitrogens with one attached hydrogen (secondary N) is 2. The van der Waals surface area contributed by atoms with Crippen LogP contribution in [0, 0.1) is 0 Å². The zero-order valence-electron chi connectivity index (χ0n) is 16.8. The van der Waals surface area contributed by atoms with Gasteiger partial charge in [-0.2, -0.15) is 5.10 Å². The molecular weight excluding hydrogens is 422 g/mol. The van der Waals surface area contributed by atoms with Crippen LogP contribution in [0.1, 0.15) is 37.8 Å². The van der Waals surface area contributed by atoms with E-state index in [0.717, 1.165) is 16.8 Å². The summed E-state index contributed by atoms with van der Waals surface area (Å²) in [4.78, 5) is 14.4. The number of nitrogens with zero attached hydrogens (tertiary/aromatic N) is 2. The summed E-state index contributed by atoms with van der Waals surface area (Å²) in [5.74, 6) is 0.0707. The number of anilines is 2. The number of benzene rings is 2. The summed E-state index contributed by atoms with van der Waals surface area (Å²) in [6, 6.07) is 12.0. The number of amides is 1. The van der Waals surface area contributed by atoms with Crippen LogP contribution in [0.2, 0.25) is 0 Å². The fourth-order valence-electron chi connectivity index (χ4n) is 3.19. The fraction of sp³-hybridized carbons (Fsp3) is 0.250. The van der Waals surface area contributed by atoms with Crippen molar-refractivity contribution in [2.24, 2.45) is 10.2 Å². The van der Waals surface area contributed by atoms with Gasteiger partial charge < -0.3 is 10.2 Å². The van der Waals surface area contributed by atoms with E-state index in [4.69, 9.17) is 17.4 Å². The number of hydrogen-bond donors (Lipinski definition) is 3. The molecule has 2 aromatic carbocycles. The average molecular weight is 446 g/mol. The second-order valence-corrected chi connectivity index (χ2v) is 8.99. The van der Waals surface area contributed by atoms with Gasteiger partial charge in [0.25, 0.3) is 5.91 Å². The van der Waals surface area contributed by atoms with E-state index >= 15 is 0 Å². The first-order valence-corrected chi connectivity index (χ1v) is 11.3. The van der Waals surface area contributed by atoms with Crippen LogP contribution >= 0.6 is 12.2 Å². The van der Waals surface area contributed by atoms with Crippen molar-refractivity contribution in [1.82, 2.24) is 5.43 Å². The normalized spacial score (nSPS) is 14.9. The molecule has 0 bridgehead atoms. The van der Waals surface area contributed by atoms with E-state index in [9.17, 15) is 13.2 Å². The minimum atomic E-state index is -3.93. The van der Waals surface area contributed by atoms with Gasteiger partial charge in [-0.25, -0.2) is 13.6 Å². The topological polar surface area (TPSA) is 117 Å². The lowest BCUT2D eigenvalue weighted by atomic mass is 9.99. The molecule has 0 radical (unpaired) electrons. The first-order valence-electron chi connectivity index (χ1n) is 9.36. The van der Waals surface area contributed by atoms with E-state index in [1.54, 1.807) is 17.0 Å². The zero-order valence-corrected chi connectivity index (χ0v) is 18.5. The lowest BCUT2D eigenvalue weighted by molar-refractivity contribution is -0.112. The van der Waals surface area contributed by atoms with Gasteiger partial charge in [-0.3, -0.25) is 10.2 Å². The first kappa shape index (κ1) is 21.9. The maximum atomic E-state index is 12.8. The molecule has 0 saturated carbocycles. The van der Waals surface area contributed by atoms with E-state index in [-0.39, 0.29) is 27.3 Å². The van der Waals surface area contributed by atoms with Gasteiger partial charge >= 0.3 is 0 Å². The highest BCUT2D eigenvalue weighted by atomic mass is 32.2. The van der Waals surface area contributed by atoms with E-state index < -0.39 is 10.0 Å². The minimum absolute atomic E-state index is 0.0305. The number of rotatable bonds is 5. The molecule has 1 amide bonds. The molecule has 0 fully saturated rings. The van der Waals surface area contributed by atoms with Crippen LogP contribution in [0.4, 0.5) is 11.4 Å². The number of hydrazone groups is 1. The zero-order chi connectivity index (χ0) is 22.1. The third-order valence-corrected chi connectivity index (χ3v) is 5.87. The number of sulfonamides is 1. The van der Waals surface area contributed by atoms with Crippen molar-refractivity contribution in [2.75, 3.05) is 16.8 Å². The number of carbonyl (C=O) groups is 1. The van der Waals surface area contributed by atoms with Gasteiger partial charge in [0.05, 0.1) is 11.4 Å². The Morgan fingerprint density at radius 1 is 1.23 bits per heavy atom. The minimum Gasteiger partial charge on any atom is -0.330 e. The van der Waals surface area contributed by atoms with Crippen LogP contribution in [-0.4, -0.2) is 31.7 Å². The van der Waals surface area contributed by atoms with Gasteiger partial charge in [-0.1, -0.05) is 32.0 Å². The average Bonchev–Trinajstić information content (AvgIpc) is 2.95. The van der Waals surface area contributed by atoms with Crippen LogP contribution in [-0.2, 0) is 14.8 Å². The summed E-state index contributed by atoms with van der Waals surface area (Å²) in [5.41, 5.74) is 5.73. The van der Waals surface area contributed by atoms with E-state index in [1.165, 1.54) is 12.1 Å². The highest BCUT2D eigenvalue weighted by molar-refractivity contribution is 7.89. The maximum absolute atomic E-state index is 12.8. The second kappa shape index (κ2) is 8.50. The molecular formula is C20H23N5O3S2. The molecule has 1 aliphatic heterocycles. The first-order chi connectivity index (χ1) is 14.1. The molecule has 1 heterocycles. The number of likely N-dealkylation sites (N-methyl/N-ethyl adjacent to an activating group) is 1. The number of nitrogens with two attached hydrogens (primary N) is 1. The predicted molar refractivity (Wildman–Crippen MR) is 122 cm³/mol. The smallest absolute Gasteiger partial charge is 0.279 e. The molecule has 4 N–H and O–H groups in total. The monoisotopic (exact) mass is 445 g/mol. The van der Waals surface area contributed by atoms with Crippen molar-refractivity contribution in [3.05, 3.63) is 53.6 Å². The Labute approximate surface area is 181 Å². The summed E-state index contributed by atoms with van der Waals surface area (Å²) < 4.78 is 23.5. The lowest BCUT2D eigenvalue weighted by Crippen LogP contribution is -2.32. The molecule has 8 nitrogen and oxygen atoms in total. The van der Waals surface area contributed by atoms with E-state index in [1.807, 2.05) is 25.1 Å². The molecule has 30 heavy (non-hydrogen) atoms. The Morgan fingerprint density at radius 3 is 2.57 bits per heavy atom. The molecule has 3 rings (SSSR count). The summed E-state index contributed by atoms with van der Waals surface area (Å²) in [6.45, 7) is 6.56. The molecule has 0 aliphatic carbocycles. The quantitative estimate of drug-likeness (QED) is 0.481. The van der Waals surface area contributed by atoms with Crippen molar-refractivity contribution in [3.8, 4) is 0 Å². The Bertz CT molecular complexity index is 1140. The molecule has 0 aromatic heterocycles. The van der Waals surface area contributed by atoms with Crippen molar-refractivity contribution in [2.45, 2.75) is 31.6 Å². The number of hydrogen-bond acceptors (Lipinski definition) is 5. The number of primary sulfonamides is 1. The fourth-order valence-corrected chi connectivity index (χ4v) is 4.04. The molecule has 0 atom stereocenters. The third kappa shape index (κ3) is 4.35. The van der Waals surface area contributed by atoms with Crippen molar-refractivity contribution >= 4 is 50.3 Å². The molecule has 2 aromatic rings. The van der Waals surface area contributed by atoms with E-state index in [0.29, 0.717) is 12.5 Å². The van der Waals surface area contributed by atoms with Gasteiger partial charge in [-0.15, -0.1) is 0 Å². The number of fused-ring (bicyclic) bond motifs is 1. The Morgan fingerprint density at radius 2 is 1.93 bits per heavy atom. The molecule has 1 aliphatic rings. The maximum Gasteiger partial charge on any atom is 0.279 e. The standard InChI is InChI=1S/C20H23N5O3S2/c1-4-25-16-10-9-13(12(2)3)11-14(16)18(19(25)26)23-24-20(29)22-15-7-5-6-8-17(15)30(21,27)28/h5-12H,4H2,1-3H3,(H2,21,27,28)(H2,22,24,29). The van der Waals surface area contributed by atoms with Crippen LogP contribution in [0.25, 0.3) is 0 Å². The highest BCUT2D eigenvalue weighted by Gasteiger charge is 2.33. The summed E-state index contributed by atoms with van der Waals surface area (Å²) in [5, 5.41) is 12.3. The largest absolute Gasteiger partial charge is 0.330 e. The number of para-hydroxylation sites is 1. The molecule has 158 valence electrons. The number of thiocarbonyl (C=S) groups is 1. The molecule has 0 saturated heterocycles. The molecule has 10 heteroatoms. The SMILES string of the molecule is CCN1C(=O)C(=NNC(=S)Nc2ccccc2S(N)(=O)=O)c2cc(C(C)C)ccc21. The summed E-state index contributed by atoms with van der Waals surface area (Å²) in [7, 11) is -3.93.